The van der Waals surface area contributed by atoms with Crippen molar-refractivity contribution in [3.63, 3.8) is 0 Å². The van der Waals surface area contributed by atoms with Gasteiger partial charge in [-0.2, -0.15) is 0 Å². The molecule has 0 saturated carbocycles. The normalized spacial score (nSPS) is 13.1. The molecule has 10 nitrogen and oxygen atoms in total. The van der Waals surface area contributed by atoms with E-state index < -0.39 is 54.1 Å². The van der Waals surface area contributed by atoms with Crippen molar-refractivity contribution in [2.24, 2.45) is 11.5 Å². The molecule has 0 aliphatic heterocycles. The number of carbonyl (C=O) groups is 5. The quantitative estimate of drug-likeness (QED) is 0.304. The summed E-state index contributed by atoms with van der Waals surface area (Å²) >= 11 is 0. The first-order chi connectivity index (χ1) is 15.7. The van der Waals surface area contributed by atoms with Crippen molar-refractivity contribution >= 4 is 29.5 Å². The maximum Gasteiger partial charge on any atom is 0.251 e. The van der Waals surface area contributed by atoms with Crippen LogP contribution in [-0.4, -0.2) is 47.7 Å². The van der Waals surface area contributed by atoms with E-state index in [0.29, 0.717) is 5.56 Å². The second-order valence-corrected chi connectivity index (χ2v) is 7.45. The highest BCUT2D eigenvalue weighted by Gasteiger charge is 2.27. The maximum atomic E-state index is 13.0. The van der Waals surface area contributed by atoms with Crippen LogP contribution >= 0.6 is 0 Å². The summed E-state index contributed by atoms with van der Waals surface area (Å²) in [5.41, 5.74) is 11.4. The Kier molecular flexibility index (Phi) is 9.10. The number of benzene rings is 2. The Bertz CT molecular complexity index is 997. The molecule has 3 atom stereocenters. The number of amides is 5. The van der Waals surface area contributed by atoms with Gasteiger partial charge in [0, 0.05) is 12.0 Å². The van der Waals surface area contributed by atoms with Crippen LogP contribution < -0.4 is 27.4 Å². The third-order valence-corrected chi connectivity index (χ3v) is 4.76. The maximum absolute atomic E-state index is 13.0. The van der Waals surface area contributed by atoms with Crippen molar-refractivity contribution in [2.75, 3.05) is 0 Å². The molecule has 2 aromatic carbocycles. The van der Waals surface area contributed by atoms with Gasteiger partial charge in [-0.15, -0.1) is 0 Å². The molecule has 0 aliphatic rings. The fourth-order valence-corrected chi connectivity index (χ4v) is 2.99. The van der Waals surface area contributed by atoms with Gasteiger partial charge in [-0.1, -0.05) is 48.5 Å². The molecule has 0 spiro atoms. The van der Waals surface area contributed by atoms with E-state index in [1.165, 1.54) is 6.92 Å². The van der Waals surface area contributed by atoms with E-state index >= 15 is 0 Å². The average molecular weight is 453 g/mol. The molecule has 0 aromatic heterocycles. The van der Waals surface area contributed by atoms with Crippen LogP contribution in [0.1, 0.15) is 29.3 Å². The summed E-state index contributed by atoms with van der Waals surface area (Å²) in [6.07, 6.45) is -0.281. The number of carbonyl (C=O) groups excluding carboxylic acids is 5. The van der Waals surface area contributed by atoms with Gasteiger partial charge in [0.2, 0.25) is 23.6 Å². The van der Waals surface area contributed by atoms with E-state index in [1.807, 2.05) is 30.3 Å². The second-order valence-electron chi connectivity index (χ2n) is 7.45. The molecule has 33 heavy (non-hydrogen) atoms. The Morgan fingerprint density at radius 2 is 1.33 bits per heavy atom. The molecule has 0 heterocycles. The van der Waals surface area contributed by atoms with Crippen LogP contribution in [0.2, 0.25) is 0 Å². The van der Waals surface area contributed by atoms with Crippen molar-refractivity contribution in [1.29, 1.82) is 0 Å². The van der Waals surface area contributed by atoms with Gasteiger partial charge in [-0.05, 0) is 24.6 Å². The minimum Gasteiger partial charge on any atom is -0.370 e. The smallest absolute Gasteiger partial charge is 0.251 e. The van der Waals surface area contributed by atoms with E-state index in [9.17, 15) is 24.0 Å². The molecule has 0 bridgehead atoms. The number of nitrogens with two attached hydrogens (primary N) is 2. The first-order valence-corrected chi connectivity index (χ1v) is 10.3. The molecule has 5 amide bonds. The lowest BCUT2D eigenvalue weighted by atomic mass is 10.0. The van der Waals surface area contributed by atoms with Gasteiger partial charge in [0.25, 0.3) is 5.91 Å². The SMILES string of the molecule is C[C@H](NC(=O)[C@H](Cc1ccccc1)NC(=O)c1ccccc1)C(=O)N[C@@H](CC(N)=O)C(N)=O. The van der Waals surface area contributed by atoms with Crippen LogP contribution in [0, 0.1) is 0 Å². The Labute approximate surface area is 191 Å². The van der Waals surface area contributed by atoms with Crippen molar-refractivity contribution in [3.8, 4) is 0 Å². The summed E-state index contributed by atoms with van der Waals surface area (Å²) in [5.74, 6) is -3.53. The van der Waals surface area contributed by atoms with Gasteiger partial charge in [-0.3, -0.25) is 24.0 Å². The molecular formula is C23H27N5O5. The highest BCUT2D eigenvalue weighted by Crippen LogP contribution is 2.06. The van der Waals surface area contributed by atoms with Crippen LogP contribution in [-0.2, 0) is 25.6 Å². The minimum absolute atomic E-state index is 0.186. The van der Waals surface area contributed by atoms with Crippen LogP contribution in [0.4, 0.5) is 0 Å². The third kappa shape index (κ3) is 8.09. The molecule has 7 N–H and O–H groups in total. The van der Waals surface area contributed by atoms with E-state index in [-0.39, 0.29) is 6.42 Å². The highest BCUT2D eigenvalue weighted by molar-refractivity contribution is 5.99. The van der Waals surface area contributed by atoms with E-state index in [4.69, 9.17) is 11.5 Å². The zero-order chi connectivity index (χ0) is 24.4. The van der Waals surface area contributed by atoms with Gasteiger partial charge >= 0.3 is 0 Å². The Hall–Kier alpha value is -4.21. The predicted octanol–water partition coefficient (Wildman–Crippen LogP) is -0.622. The van der Waals surface area contributed by atoms with Crippen molar-refractivity contribution < 1.29 is 24.0 Å². The molecule has 0 saturated heterocycles. The van der Waals surface area contributed by atoms with Gasteiger partial charge in [-0.25, -0.2) is 0 Å². The molecule has 0 unspecified atom stereocenters. The first kappa shape index (κ1) is 25.1. The zero-order valence-corrected chi connectivity index (χ0v) is 18.1. The van der Waals surface area contributed by atoms with Crippen molar-refractivity contribution in [3.05, 3.63) is 71.8 Å². The predicted molar refractivity (Wildman–Crippen MR) is 120 cm³/mol. The minimum atomic E-state index is -1.30. The molecule has 174 valence electrons. The Morgan fingerprint density at radius 3 is 1.88 bits per heavy atom. The second kappa shape index (κ2) is 12.0. The molecular weight excluding hydrogens is 426 g/mol. The molecule has 2 aromatic rings. The number of rotatable bonds is 11. The molecule has 0 aliphatic carbocycles. The summed E-state index contributed by atoms with van der Waals surface area (Å²) in [5, 5.41) is 7.51. The Morgan fingerprint density at radius 1 is 0.758 bits per heavy atom. The highest BCUT2D eigenvalue weighted by atomic mass is 16.2. The number of primary amides is 2. The van der Waals surface area contributed by atoms with Crippen LogP contribution in [0.5, 0.6) is 0 Å². The average Bonchev–Trinajstić information content (AvgIpc) is 2.78. The largest absolute Gasteiger partial charge is 0.370 e. The van der Waals surface area contributed by atoms with E-state index in [1.54, 1.807) is 30.3 Å². The van der Waals surface area contributed by atoms with Gasteiger partial charge in [0.05, 0.1) is 6.42 Å². The fourth-order valence-electron chi connectivity index (χ4n) is 2.99. The molecule has 2 rings (SSSR count). The van der Waals surface area contributed by atoms with Gasteiger partial charge in [0.15, 0.2) is 0 Å². The number of hydrogen-bond acceptors (Lipinski definition) is 5. The van der Waals surface area contributed by atoms with E-state index in [2.05, 4.69) is 16.0 Å². The third-order valence-electron chi connectivity index (χ3n) is 4.76. The zero-order valence-electron chi connectivity index (χ0n) is 18.1. The topological polar surface area (TPSA) is 173 Å². The van der Waals surface area contributed by atoms with Crippen LogP contribution in [0.3, 0.4) is 0 Å². The van der Waals surface area contributed by atoms with Gasteiger partial charge in [0.1, 0.15) is 18.1 Å². The van der Waals surface area contributed by atoms with Crippen LogP contribution in [0.25, 0.3) is 0 Å². The van der Waals surface area contributed by atoms with Crippen molar-refractivity contribution in [1.82, 2.24) is 16.0 Å². The lowest BCUT2D eigenvalue weighted by Gasteiger charge is -2.22. The van der Waals surface area contributed by atoms with Gasteiger partial charge < -0.3 is 27.4 Å². The van der Waals surface area contributed by atoms with E-state index in [0.717, 1.165) is 5.56 Å². The summed E-state index contributed by atoms with van der Waals surface area (Å²) in [6, 6.07) is 14.1. The summed E-state index contributed by atoms with van der Waals surface area (Å²) in [6.45, 7) is 1.40. The molecule has 0 radical (unpaired) electrons. The fraction of sp³-hybridized carbons (Fsp3) is 0.261. The number of nitrogens with one attached hydrogen (secondary N) is 3. The summed E-state index contributed by atoms with van der Waals surface area (Å²) in [7, 11) is 0. The molecule has 10 heteroatoms. The Balaban J connectivity index is 2.10. The summed E-state index contributed by atoms with van der Waals surface area (Å²) in [4.78, 5) is 60.5. The molecule has 0 fully saturated rings. The van der Waals surface area contributed by atoms with Crippen molar-refractivity contribution in [2.45, 2.75) is 37.9 Å². The first-order valence-electron chi connectivity index (χ1n) is 10.3. The summed E-state index contributed by atoms with van der Waals surface area (Å²) < 4.78 is 0. The number of hydrogen-bond donors (Lipinski definition) is 5. The lowest BCUT2D eigenvalue weighted by molar-refractivity contribution is -0.132. The lowest BCUT2D eigenvalue weighted by Crippen LogP contribution is -2.56. The van der Waals surface area contributed by atoms with Crippen LogP contribution in [0.15, 0.2) is 60.7 Å². The standard InChI is InChI=1S/C23H27N5O5/c1-14(21(31)27-17(20(25)30)13-19(24)29)26-23(33)18(12-15-8-4-2-5-9-15)28-22(32)16-10-6-3-7-11-16/h2-11,14,17-18H,12-13H2,1H3,(H2,24,29)(H2,25,30)(H,26,33)(H,27,31)(H,28,32)/t14-,17-,18-/m0/s1. The monoisotopic (exact) mass is 453 g/mol.